The summed E-state index contributed by atoms with van der Waals surface area (Å²) in [5.74, 6) is -0.219. The third-order valence-electron chi connectivity index (χ3n) is 5.21. The van der Waals surface area contributed by atoms with Gasteiger partial charge in [0.1, 0.15) is 21.3 Å². The number of hydrogen-bond donors (Lipinski definition) is 1. The maximum Gasteiger partial charge on any atom is 0.267 e. The lowest BCUT2D eigenvalue weighted by molar-refractivity contribution is 0.102. The van der Waals surface area contributed by atoms with E-state index in [1.807, 2.05) is 24.3 Å². The standard InChI is InChI=1S/C22H22FN3O4S2/c1-30-19-4-2-3-18(15-19)25-10-12-26(13-11-25)32(28,29)20-9-14-31-21(20)22(27)24-17-7-5-16(23)6-8-17/h2-9,14-15H,10-13H2,1H3,(H,24,27). The average Bonchev–Trinajstić information content (AvgIpc) is 3.32. The summed E-state index contributed by atoms with van der Waals surface area (Å²) >= 11 is 1.06. The Labute approximate surface area is 190 Å². The first-order valence-electron chi connectivity index (χ1n) is 9.92. The molecule has 1 fully saturated rings. The summed E-state index contributed by atoms with van der Waals surface area (Å²) in [7, 11) is -2.23. The van der Waals surface area contributed by atoms with Crippen molar-refractivity contribution in [1.29, 1.82) is 0 Å². The molecule has 0 unspecified atom stereocenters. The van der Waals surface area contributed by atoms with E-state index in [2.05, 4.69) is 10.2 Å². The summed E-state index contributed by atoms with van der Waals surface area (Å²) in [6.45, 7) is 1.64. The van der Waals surface area contributed by atoms with Gasteiger partial charge in [0, 0.05) is 43.6 Å². The minimum absolute atomic E-state index is 0.0167. The molecule has 0 radical (unpaired) electrons. The number of methoxy groups -OCH3 is 1. The number of hydrogen-bond acceptors (Lipinski definition) is 6. The van der Waals surface area contributed by atoms with Crippen molar-refractivity contribution in [2.45, 2.75) is 4.90 Å². The number of ether oxygens (including phenoxy) is 1. The van der Waals surface area contributed by atoms with Crippen LogP contribution in [-0.4, -0.2) is 51.9 Å². The number of sulfonamides is 1. The fourth-order valence-electron chi connectivity index (χ4n) is 3.52. The molecule has 10 heteroatoms. The van der Waals surface area contributed by atoms with Crippen molar-refractivity contribution in [2.24, 2.45) is 0 Å². The van der Waals surface area contributed by atoms with Gasteiger partial charge in [0.15, 0.2) is 0 Å². The monoisotopic (exact) mass is 475 g/mol. The van der Waals surface area contributed by atoms with Crippen LogP contribution in [0.2, 0.25) is 0 Å². The fourth-order valence-corrected chi connectivity index (χ4v) is 6.24. The molecule has 1 aliphatic heterocycles. The molecule has 0 atom stereocenters. The maximum absolute atomic E-state index is 13.3. The number of anilines is 2. The summed E-state index contributed by atoms with van der Waals surface area (Å²) in [5.41, 5.74) is 1.36. The van der Waals surface area contributed by atoms with Crippen LogP contribution in [0.3, 0.4) is 0 Å². The highest BCUT2D eigenvalue weighted by molar-refractivity contribution is 7.89. The van der Waals surface area contributed by atoms with Crippen molar-refractivity contribution < 1.29 is 22.3 Å². The molecular weight excluding hydrogens is 453 g/mol. The first-order valence-corrected chi connectivity index (χ1v) is 12.2. The molecule has 4 rings (SSSR count). The van der Waals surface area contributed by atoms with E-state index < -0.39 is 21.7 Å². The van der Waals surface area contributed by atoms with Crippen LogP contribution in [0, 0.1) is 5.82 Å². The van der Waals surface area contributed by atoms with Crippen molar-refractivity contribution in [2.75, 3.05) is 43.5 Å². The summed E-state index contributed by atoms with van der Waals surface area (Å²) in [5, 5.41) is 4.21. The van der Waals surface area contributed by atoms with Crippen LogP contribution in [-0.2, 0) is 10.0 Å². The van der Waals surface area contributed by atoms with Gasteiger partial charge in [0.2, 0.25) is 10.0 Å². The van der Waals surface area contributed by atoms with Gasteiger partial charge in [-0.05, 0) is 47.8 Å². The van der Waals surface area contributed by atoms with Crippen molar-refractivity contribution in [3.63, 3.8) is 0 Å². The van der Waals surface area contributed by atoms with Gasteiger partial charge in [-0.3, -0.25) is 4.79 Å². The molecule has 0 spiro atoms. The van der Waals surface area contributed by atoms with Gasteiger partial charge in [-0.1, -0.05) is 6.07 Å². The summed E-state index contributed by atoms with van der Waals surface area (Å²) in [6.07, 6.45) is 0. The Morgan fingerprint density at radius 1 is 1.06 bits per heavy atom. The number of nitrogens with zero attached hydrogens (tertiary/aromatic N) is 2. The van der Waals surface area contributed by atoms with Gasteiger partial charge in [-0.25, -0.2) is 12.8 Å². The minimum Gasteiger partial charge on any atom is -0.497 e. The second-order valence-electron chi connectivity index (χ2n) is 7.17. The van der Waals surface area contributed by atoms with Crippen molar-refractivity contribution >= 4 is 38.6 Å². The molecule has 1 aliphatic rings. The summed E-state index contributed by atoms with van der Waals surface area (Å²) in [6, 6.07) is 14.4. The van der Waals surface area contributed by atoms with E-state index in [0.717, 1.165) is 22.8 Å². The Hall–Kier alpha value is -2.95. The van der Waals surface area contributed by atoms with E-state index in [-0.39, 0.29) is 9.77 Å². The number of benzene rings is 2. The number of carbonyl (C=O) groups is 1. The number of halogens is 1. The van der Waals surface area contributed by atoms with E-state index >= 15 is 0 Å². The molecule has 1 saturated heterocycles. The second-order valence-corrected chi connectivity index (χ2v) is 9.99. The zero-order valence-corrected chi connectivity index (χ0v) is 19.0. The first kappa shape index (κ1) is 22.3. The Morgan fingerprint density at radius 2 is 1.78 bits per heavy atom. The number of nitrogens with one attached hydrogen (secondary N) is 1. The number of carbonyl (C=O) groups excluding carboxylic acids is 1. The number of thiophene rings is 1. The Kier molecular flexibility index (Phi) is 6.45. The maximum atomic E-state index is 13.3. The van der Waals surface area contributed by atoms with Crippen LogP contribution in [0.5, 0.6) is 5.75 Å². The molecule has 0 aliphatic carbocycles. The van der Waals surface area contributed by atoms with Crippen molar-refractivity contribution in [3.8, 4) is 5.75 Å². The summed E-state index contributed by atoms with van der Waals surface area (Å²) in [4.78, 5) is 14.9. The highest BCUT2D eigenvalue weighted by Gasteiger charge is 2.32. The molecule has 1 amide bonds. The highest BCUT2D eigenvalue weighted by Crippen LogP contribution is 2.28. The minimum atomic E-state index is -3.84. The third-order valence-corrected chi connectivity index (χ3v) is 8.20. The lowest BCUT2D eigenvalue weighted by Crippen LogP contribution is -2.48. The van der Waals surface area contributed by atoms with Crippen LogP contribution in [0.25, 0.3) is 0 Å². The number of amides is 1. The molecule has 3 aromatic rings. The third kappa shape index (κ3) is 4.62. The molecule has 32 heavy (non-hydrogen) atoms. The van der Waals surface area contributed by atoms with E-state index in [0.29, 0.717) is 31.9 Å². The zero-order chi connectivity index (χ0) is 22.7. The smallest absolute Gasteiger partial charge is 0.267 e. The lowest BCUT2D eigenvalue weighted by Gasteiger charge is -2.35. The van der Waals surface area contributed by atoms with Gasteiger partial charge in [0.05, 0.1) is 7.11 Å². The van der Waals surface area contributed by atoms with Crippen LogP contribution in [0.1, 0.15) is 9.67 Å². The Bertz CT molecular complexity index is 1200. The van der Waals surface area contributed by atoms with Crippen LogP contribution in [0.15, 0.2) is 64.9 Å². The molecular formula is C22H22FN3O4S2. The van der Waals surface area contributed by atoms with Crippen LogP contribution in [0.4, 0.5) is 15.8 Å². The normalized spacial score (nSPS) is 14.9. The largest absolute Gasteiger partial charge is 0.497 e. The molecule has 1 aromatic heterocycles. The van der Waals surface area contributed by atoms with E-state index in [4.69, 9.17) is 4.74 Å². The fraction of sp³-hybridized carbons (Fsp3) is 0.227. The number of rotatable bonds is 6. The van der Waals surface area contributed by atoms with Gasteiger partial charge >= 0.3 is 0 Å². The van der Waals surface area contributed by atoms with Crippen molar-refractivity contribution in [1.82, 2.24) is 4.31 Å². The van der Waals surface area contributed by atoms with E-state index in [9.17, 15) is 17.6 Å². The molecule has 1 N–H and O–H groups in total. The topological polar surface area (TPSA) is 79.0 Å². The van der Waals surface area contributed by atoms with Crippen molar-refractivity contribution in [3.05, 3.63) is 70.7 Å². The quantitative estimate of drug-likeness (QED) is 0.589. The number of piperazine rings is 1. The van der Waals surface area contributed by atoms with Gasteiger partial charge in [0.25, 0.3) is 5.91 Å². The van der Waals surface area contributed by atoms with E-state index in [1.54, 1.807) is 12.5 Å². The highest BCUT2D eigenvalue weighted by atomic mass is 32.2. The molecule has 0 saturated carbocycles. The van der Waals surface area contributed by atoms with Crippen LogP contribution >= 0.6 is 11.3 Å². The zero-order valence-electron chi connectivity index (χ0n) is 17.3. The molecule has 0 bridgehead atoms. The molecule has 2 heterocycles. The molecule has 2 aromatic carbocycles. The van der Waals surface area contributed by atoms with Gasteiger partial charge in [-0.15, -0.1) is 11.3 Å². The first-order chi connectivity index (χ1) is 15.4. The predicted molar refractivity (Wildman–Crippen MR) is 123 cm³/mol. The van der Waals surface area contributed by atoms with E-state index in [1.165, 1.54) is 34.6 Å². The average molecular weight is 476 g/mol. The predicted octanol–water partition coefficient (Wildman–Crippen LogP) is 3.66. The Morgan fingerprint density at radius 3 is 2.47 bits per heavy atom. The van der Waals surface area contributed by atoms with Gasteiger partial charge < -0.3 is 15.0 Å². The second kappa shape index (κ2) is 9.27. The SMILES string of the molecule is COc1cccc(N2CCN(S(=O)(=O)c3ccsc3C(=O)Nc3ccc(F)cc3)CC2)c1. The Balaban J connectivity index is 1.47. The molecule has 7 nitrogen and oxygen atoms in total. The van der Waals surface area contributed by atoms with Crippen LogP contribution < -0.4 is 15.0 Å². The molecule has 168 valence electrons. The summed E-state index contributed by atoms with van der Waals surface area (Å²) < 4.78 is 46.3. The van der Waals surface area contributed by atoms with Gasteiger partial charge in [-0.2, -0.15) is 4.31 Å². The lowest BCUT2D eigenvalue weighted by atomic mass is 10.2.